The van der Waals surface area contributed by atoms with Gasteiger partial charge in [-0.25, -0.2) is 0 Å². The van der Waals surface area contributed by atoms with Gasteiger partial charge in [-0.1, -0.05) is 18.2 Å². The molecule has 0 aromatic heterocycles. The number of anilines is 1. The van der Waals surface area contributed by atoms with E-state index < -0.39 is 11.9 Å². The zero-order valence-electron chi connectivity index (χ0n) is 12.1. The third-order valence-electron chi connectivity index (χ3n) is 4.51. The molecule has 0 bridgehead atoms. The number of piperidine rings is 1. The number of nitrogens with one attached hydrogen (secondary N) is 1. The predicted molar refractivity (Wildman–Crippen MR) is 79.4 cm³/mol. The quantitative estimate of drug-likeness (QED) is 0.867. The summed E-state index contributed by atoms with van der Waals surface area (Å²) in [6.45, 7) is 3.18. The number of para-hydroxylation sites is 1. The van der Waals surface area contributed by atoms with Gasteiger partial charge >= 0.3 is 5.97 Å². The SMILES string of the molecule is CC1CC(C(=O)N2CC(C(=O)O)c3ccccc32)CCN1. The first kappa shape index (κ1) is 14.1. The lowest BCUT2D eigenvalue weighted by molar-refractivity contribution is -0.138. The minimum Gasteiger partial charge on any atom is -0.481 e. The van der Waals surface area contributed by atoms with Crippen LogP contribution in [0.3, 0.4) is 0 Å². The van der Waals surface area contributed by atoms with Crippen LogP contribution in [0.15, 0.2) is 24.3 Å². The van der Waals surface area contributed by atoms with Gasteiger partial charge in [-0.05, 0) is 37.9 Å². The molecular formula is C16H20N2O3. The minimum atomic E-state index is -0.864. The van der Waals surface area contributed by atoms with Crippen molar-refractivity contribution in [3.63, 3.8) is 0 Å². The van der Waals surface area contributed by atoms with Gasteiger partial charge < -0.3 is 15.3 Å². The zero-order valence-corrected chi connectivity index (χ0v) is 12.1. The Morgan fingerprint density at radius 1 is 1.33 bits per heavy atom. The first-order valence-corrected chi connectivity index (χ1v) is 7.44. The second-order valence-corrected chi connectivity index (χ2v) is 5.97. The molecule has 5 nitrogen and oxygen atoms in total. The molecule has 2 N–H and O–H groups in total. The van der Waals surface area contributed by atoms with Crippen molar-refractivity contribution in [2.45, 2.75) is 31.7 Å². The molecule has 0 spiro atoms. The van der Waals surface area contributed by atoms with Crippen molar-refractivity contribution in [3.05, 3.63) is 29.8 Å². The molecule has 21 heavy (non-hydrogen) atoms. The number of benzene rings is 1. The fraction of sp³-hybridized carbons (Fsp3) is 0.500. The summed E-state index contributed by atoms with van der Waals surface area (Å²) in [4.78, 5) is 25.9. The summed E-state index contributed by atoms with van der Waals surface area (Å²) in [6.07, 6.45) is 1.63. The Balaban J connectivity index is 1.86. The van der Waals surface area contributed by atoms with Crippen LogP contribution in [0.25, 0.3) is 0 Å². The van der Waals surface area contributed by atoms with Crippen LogP contribution in [-0.2, 0) is 9.59 Å². The van der Waals surface area contributed by atoms with E-state index in [4.69, 9.17) is 0 Å². The maximum absolute atomic E-state index is 12.8. The largest absolute Gasteiger partial charge is 0.481 e. The summed E-state index contributed by atoms with van der Waals surface area (Å²) >= 11 is 0. The highest BCUT2D eigenvalue weighted by molar-refractivity contribution is 6.00. The third kappa shape index (κ3) is 2.53. The average molecular weight is 288 g/mol. The molecule has 0 radical (unpaired) electrons. The smallest absolute Gasteiger partial charge is 0.312 e. The lowest BCUT2D eigenvalue weighted by atomic mass is 9.92. The second kappa shape index (κ2) is 5.48. The van der Waals surface area contributed by atoms with Crippen LogP contribution in [0, 0.1) is 5.92 Å². The van der Waals surface area contributed by atoms with E-state index in [0.717, 1.165) is 30.6 Å². The first-order chi connectivity index (χ1) is 10.1. The summed E-state index contributed by atoms with van der Waals surface area (Å²) in [6, 6.07) is 7.68. The van der Waals surface area contributed by atoms with Crippen LogP contribution >= 0.6 is 0 Å². The molecule has 3 atom stereocenters. The number of fused-ring (bicyclic) bond motifs is 1. The molecular weight excluding hydrogens is 268 g/mol. The molecule has 1 aromatic carbocycles. The van der Waals surface area contributed by atoms with Gasteiger partial charge in [-0.15, -0.1) is 0 Å². The summed E-state index contributed by atoms with van der Waals surface area (Å²) in [5.41, 5.74) is 1.52. The van der Waals surface area contributed by atoms with E-state index >= 15 is 0 Å². The molecule has 2 heterocycles. The Kier molecular flexibility index (Phi) is 3.68. The summed E-state index contributed by atoms with van der Waals surface area (Å²) in [7, 11) is 0. The highest BCUT2D eigenvalue weighted by Gasteiger charge is 2.39. The van der Waals surface area contributed by atoms with Crippen molar-refractivity contribution in [3.8, 4) is 0 Å². The van der Waals surface area contributed by atoms with Crippen molar-refractivity contribution in [1.29, 1.82) is 0 Å². The van der Waals surface area contributed by atoms with Crippen LogP contribution in [0.1, 0.15) is 31.2 Å². The molecule has 1 fully saturated rings. The van der Waals surface area contributed by atoms with Crippen LogP contribution in [0.5, 0.6) is 0 Å². The molecule has 3 rings (SSSR count). The van der Waals surface area contributed by atoms with Gasteiger partial charge in [0.2, 0.25) is 5.91 Å². The van der Waals surface area contributed by atoms with E-state index in [2.05, 4.69) is 12.2 Å². The minimum absolute atomic E-state index is 0.0122. The topological polar surface area (TPSA) is 69.6 Å². The highest BCUT2D eigenvalue weighted by Crippen LogP contribution is 2.37. The molecule has 2 aliphatic heterocycles. The molecule has 5 heteroatoms. The number of carboxylic acid groups (broad SMARTS) is 1. The average Bonchev–Trinajstić information content (AvgIpc) is 2.86. The lowest BCUT2D eigenvalue weighted by Gasteiger charge is -2.30. The zero-order chi connectivity index (χ0) is 15.0. The van der Waals surface area contributed by atoms with Crippen LogP contribution in [-0.4, -0.2) is 36.1 Å². The molecule has 0 saturated carbocycles. The number of nitrogens with zero attached hydrogens (tertiary/aromatic N) is 1. The van der Waals surface area contributed by atoms with Gasteiger partial charge in [0.1, 0.15) is 5.92 Å². The van der Waals surface area contributed by atoms with Crippen molar-refractivity contribution in [2.24, 2.45) is 5.92 Å². The number of carbonyl (C=O) groups is 2. The fourth-order valence-corrected chi connectivity index (χ4v) is 3.40. The first-order valence-electron chi connectivity index (χ1n) is 7.44. The number of carbonyl (C=O) groups excluding carboxylic acids is 1. The Hall–Kier alpha value is -1.88. The Morgan fingerprint density at radius 3 is 2.81 bits per heavy atom. The summed E-state index contributed by atoms with van der Waals surface area (Å²) < 4.78 is 0. The monoisotopic (exact) mass is 288 g/mol. The number of aliphatic carboxylic acids is 1. The number of hydrogen-bond donors (Lipinski definition) is 2. The van der Waals surface area contributed by atoms with Crippen LogP contribution in [0.4, 0.5) is 5.69 Å². The maximum Gasteiger partial charge on any atom is 0.312 e. The van der Waals surface area contributed by atoms with Gasteiger partial charge in [-0.2, -0.15) is 0 Å². The van der Waals surface area contributed by atoms with Crippen LogP contribution in [0.2, 0.25) is 0 Å². The maximum atomic E-state index is 12.8. The number of hydrogen-bond acceptors (Lipinski definition) is 3. The number of carboxylic acids is 1. The molecule has 3 unspecified atom stereocenters. The second-order valence-electron chi connectivity index (χ2n) is 5.97. The van der Waals surface area contributed by atoms with Crippen molar-refractivity contribution in [1.82, 2.24) is 5.32 Å². The van der Waals surface area contributed by atoms with E-state index in [-0.39, 0.29) is 18.4 Å². The third-order valence-corrected chi connectivity index (χ3v) is 4.51. The Morgan fingerprint density at radius 2 is 2.10 bits per heavy atom. The normalized spacial score (nSPS) is 28.2. The van der Waals surface area contributed by atoms with E-state index in [0.29, 0.717) is 6.04 Å². The standard InChI is InChI=1S/C16H20N2O3/c1-10-8-11(6-7-17-10)15(19)18-9-13(16(20)21)12-4-2-3-5-14(12)18/h2-5,10-11,13,17H,6-9H2,1H3,(H,20,21). The van der Waals surface area contributed by atoms with Gasteiger partial charge in [-0.3, -0.25) is 9.59 Å². The molecule has 1 aromatic rings. The molecule has 1 amide bonds. The van der Waals surface area contributed by atoms with Gasteiger partial charge in [0.05, 0.1) is 0 Å². The van der Waals surface area contributed by atoms with E-state index in [9.17, 15) is 14.7 Å². The van der Waals surface area contributed by atoms with E-state index in [1.807, 2.05) is 24.3 Å². The summed E-state index contributed by atoms with van der Waals surface area (Å²) in [5.74, 6) is -1.41. The lowest BCUT2D eigenvalue weighted by Crippen LogP contribution is -2.44. The van der Waals surface area contributed by atoms with Crippen molar-refractivity contribution >= 4 is 17.6 Å². The fourth-order valence-electron chi connectivity index (χ4n) is 3.40. The van der Waals surface area contributed by atoms with Gasteiger partial charge in [0, 0.05) is 24.2 Å². The number of amides is 1. The highest BCUT2D eigenvalue weighted by atomic mass is 16.4. The number of rotatable bonds is 2. The molecule has 1 saturated heterocycles. The van der Waals surface area contributed by atoms with Crippen molar-refractivity contribution in [2.75, 3.05) is 18.0 Å². The van der Waals surface area contributed by atoms with E-state index in [1.54, 1.807) is 4.90 Å². The Bertz CT molecular complexity index is 572. The molecule has 2 aliphatic rings. The summed E-state index contributed by atoms with van der Waals surface area (Å²) in [5, 5.41) is 12.7. The predicted octanol–water partition coefficient (Wildman–Crippen LogP) is 1.59. The molecule has 0 aliphatic carbocycles. The van der Waals surface area contributed by atoms with Crippen LogP contribution < -0.4 is 10.2 Å². The molecule has 112 valence electrons. The van der Waals surface area contributed by atoms with Gasteiger partial charge in [0.25, 0.3) is 0 Å². The van der Waals surface area contributed by atoms with E-state index in [1.165, 1.54) is 0 Å². The van der Waals surface area contributed by atoms with Gasteiger partial charge in [0.15, 0.2) is 0 Å². The van der Waals surface area contributed by atoms with Crippen molar-refractivity contribution < 1.29 is 14.7 Å². The Labute approximate surface area is 123 Å².